The van der Waals surface area contributed by atoms with E-state index in [1.54, 1.807) is 11.1 Å². The number of hydrogen-bond donors (Lipinski definition) is 2. The highest BCUT2D eigenvalue weighted by Gasteiger charge is 2.26. The highest BCUT2D eigenvalue weighted by molar-refractivity contribution is 5.92. The summed E-state index contributed by atoms with van der Waals surface area (Å²) in [6, 6.07) is 0.329. The van der Waals surface area contributed by atoms with Gasteiger partial charge in [0, 0.05) is 20.1 Å². The maximum Gasteiger partial charge on any atom is 0.271 e. The number of likely N-dealkylation sites (N-methyl/N-ethyl adjacent to an activating group) is 1. The van der Waals surface area contributed by atoms with Gasteiger partial charge in [0.1, 0.15) is 5.69 Å². The summed E-state index contributed by atoms with van der Waals surface area (Å²) in [5, 5.41) is 3.12. The monoisotopic (exact) mass is 180 g/mol. The molecular weight excluding hydrogens is 168 g/mol. The van der Waals surface area contributed by atoms with Crippen molar-refractivity contribution in [3.8, 4) is 0 Å². The van der Waals surface area contributed by atoms with E-state index in [2.05, 4.69) is 15.3 Å². The number of carbonyl (C=O) groups excluding carboxylic acids is 1. The van der Waals surface area contributed by atoms with E-state index in [-0.39, 0.29) is 5.91 Å². The second kappa shape index (κ2) is 3.18. The third-order valence-corrected chi connectivity index (χ3v) is 2.36. The lowest BCUT2D eigenvalue weighted by molar-refractivity contribution is 0.0676. The van der Waals surface area contributed by atoms with Gasteiger partial charge in [-0.1, -0.05) is 0 Å². The van der Waals surface area contributed by atoms with Crippen molar-refractivity contribution in [2.75, 3.05) is 20.1 Å². The molecule has 13 heavy (non-hydrogen) atoms. The molecule has 1 aliphatic heterocycles. The highest BCUT2D eigenvalue weighted by Crippen LogP contribution is 2.06. The van der Waals surface area contributed by atoms with Crippen molar-refractivity contribution >= 4 is 5.91 Å². The van der Waals surface area contributed by atoms with Crippen molar-refractivity contribution in [2.45, 2.75) is 6.04 Å². The summed E-state index contributed by atoms with van der Waals surface area (Å²) < 4.78 is 0. The average Bonchev–Trinajstić information content (AvgIpc) is 2.51. The molecule has 1 aromatic rings. The van der Waals surface area contributed by atoms with Crippen LogP contribution in [0.4, 0.5) is 0 Å². The number of amides is 1. The second-order valence-electron chi connectivity index (χ2n) is 3.19. The number of nitrogens with one attached hydrogen (secondary N) is 2. The number of aromatic amines is 1. The molecule has 1 aliphatic rings. The summed E-state index contributed by atoms with van der Waals surface area (Å²) in [6.07, 6.45) is 3.06. The molecule has 5 heteroatoms. The quantitative estimate of drug-likeness (QED) is 0.642. The van der Waals surface area contributed by atoms with Crippen molar-refractivity contribution < 1.29 is 4.79 Å². The van der Waals surface area contributed by atoms with E-state index in [9.17, 15) is 4.79 Å². The number of hydrogen-bond acceptors (Lipinski definition) is 3. The molecule has 0 spiro atoms. The van der Waals surface area contributed by atoms with Crippen LogP contribution in [0.5, 0.6) is 0 Å². The molecule has 0 aromatic carbocycles. The van der Waals surface area contributed by atoms with E-state index >= 15 is 0 Å². The molecule has 1 saturated heterocycles. The Morgan fingerprint density at radius 2 is 2.46 bits per heavy atom. The first kappa shape index (κ1) is 8.25. The molecule has 0 saturated carbocycles. The smallest absolute Gasteiger partial charge is 0.271 e. The number of imidazole rings is 1. The normalized spacial score (nSPS) is 16.7. The molecule has 1 fully saturated rings. The maximum atomic E-state index is 11.7. The minimum atomic E-state index is 0.00370. The fourth-order valence-corrected chi connectivity index (χ4v) is 1.28. The molecule has 70 valence electrons. The second-order valence-corrected chi connectivity index (χ2v) is 3.19. The van der Waals surface area contributed by atoms with Crippen LogP contribution in [0, 0.1) is 0 Å². The molecule has 0 aliphatic carbocycles. The summed E-state index contributed by atoms with van der Waals surface area (Å²) in [4.78, 5) is 20.0. The number of H-pyrrole nitrogens is 1. The SMILES string of the molecule is CN(C(=O)c1cnc[nH]1)C1CNC1. The van der Waals surface area contributed by atoms with Crippen LogP contribution >= 0.6 is 0 Å². The van der Waals surface area contributed by atoms with Crippen LogP contribution in [0.1, 0.15) is 10.5 Å². The lowest BCUT2D eigenvalue weighted by Crippen LogP contribution is -2.57. The van der Waals surface area contributed by atoms with E-state index in [1.807, 2.05) is 7.05 Å². The van der Waals surface area contributed by atoms with E-state index in [0.717, 1.165) is 13.1 Å². The van der Waals surface area contributed by atoms with E-state index in [4.69, 9.17) is 0 Å². The van der Waals surface area contributed by atoms with Gasteiger partial charge in [-0.05, 0) is 0 Å². The zero-order chi connectivity index (χ0) is 9.26. The van der Waals surface area contributed by atoms with Crippen LogP contribution in [-0.2, 0) is 0 Å². The van der Waals surface area contributed by atoms with Crippen molar-refractivity contribution in [3.05, 3.63) is 18.2 Å². The third-order valence-electron chi connectivity index (χ3n) is 2.36. The molecule has 0 unspecified atom stereocenters. The van der Waals surface area contributed by atoms with Crippen LogP contribution in [0.15, 0.2) is 12.5 Å². The Labute approximate surface area is 76.2 Å². The van der Waals surface area contributed by atoms with E-state index in [0.29, 0.717) is 11.7 Å². The summed E-state index contributed by atoms with van der Waals surface area (Å²) in [5.74, 6) is 0.00370. The number of nitrogens with zero attached hydrogens (tertiary/aromatic N) is 2. The van der Waals surface area contributed by atoms with Gasteiger partial charge < -0.3 is 15.2 Å². The standard InChI is InChI=1S/C8H12N4O/c1-12(6-2-9-3-6)8(13)7-4-10-5-11-7/h4-6,9H,2-3H2,1H3,(H,10,11). The molecule has 2 N–H and O–H groups in total. The van der Waals surface area contributed by atoms with Gasteiger partial charge >= 0.3 is 0 Å². The van der Waals surface area contributed by atoms with Crippen molar-refractivity contribution in [1.29, 1.82) is 0 Å². The number of rotatable bonds is 2. The van der Waals surface area contributed by atoms with Crippen LogP contribution in [0.3, 0.4) is 0 Å². The van der Waals surface area contributed by atoms with Gasteiger partial charge in [-0.15, -0.1) is 0 Å². The zero-order valence-electron chi connectivity index (χ0n) is 7.45. The number of carbonyl (C=O) groups is 1. The summed E-state index contributed by atoms with van der Waals surface area (Å²) in [7, 11) is 1.81. The van der Waals surface area contributed by atoms with E-state index < -0.39 is 0 Å². The van der Waals surface area contributed by atoms with Crippen LogP contribution in [-0.4, -0.2) is 47.0 Å². The average molecular weight is 180 g/mol. The van der Waals surface area contributed by atoms with Crippen LogP contribution in [0.25, 0.3) is 0 Å². The molecular formula is C8H12N4O. The van der Waals surface area contributed by atoms with Gasteiger partial charge in [0.25, 0.3) is 5.91 Å². The van der Waals surface area contributed by atoms with Gasteiger partial charge in [-0.25, -0.2) is 4.98 Å². The summed E-state index contributed by atoms with van der Waals surface area (Å²) in [6.45, 7) is 1.77. The largest absolute Gasteiger partial charge is 0.341 e. The summed E-state index contributed by atoms with van der Waals surface area (Å²) in [5.41, 5.74) is 0.550. The first-order valence-corrected chi connectivity index (χ1v) is 4.25. The number of aromatic nitrogens is 2. The summed E-state index contributed by atoms with van der Waals surface area (Å²) >= 11 is 0. The molecule has 1 aromatic heterocycles. The Bertz CT molecular complexity index is 291. The fourth-order valence-electron chi connectivity index (χ4n) is 1.28. The van der Waals surface area contributed by atoms with Crippen LogP contribution < -0.4 is 5.32 Å². The van der Waals surface area contributed by atoms with Crippen molar-refractivity contribution in [1.82, 2.24) is 20.2 Å². The Kier molecular flexibility index (Phi) is 2.02. The van der Waals surface area contributed by atoms with Crippen molar-refractivity contribution in [3.63, 3.8) is 0 Å². The highest BCUT2D eigenvalue weighted by atomic mass is 16.2. The molecule has 0 radical (unpaired) electrons. The first-order chi connectivity index (χ1) is 6.29. The van der Waals surface area contributed by atoms with Gasteiger partial charge in [0.15, 0.2) is 0 Å². The molecule has 1 amide bonds. The van der Waals surface area contributed by atoms with E-state index in [1.165, 1.54) is 6.33 Å². The minimum absolute atomic E-state index is 0.00370. The third kappa shape index (κ3) is 1.42. The van der Waals surface area contributed by atoms with Gasteiger partial charge in [0.05, 0.1) is 18.6 Å². The molecule has 0 atom stereocenters. The van der Waals surface area contributed by atoms with Crippen molar-refractivity contribution in [2.24, 2.45) is 0 Å². The van der Waals surface area contributed by atoms with Crippen LogP contribution in [0.2, 0.25) is 0 Å². The van der Waals surface area contributed by atoms with Gasteiger partial charge in [-0.2, -0.15) is 0 Å². The molecule has 2 heterocycles. The Morgan fingerprint density at radius 1 is 1.69 bits per heavy atom. The first-order valence-electron chi connectivity index (χ1n) is 4.25. The predicted molar refractivity (Wildman–Crippen MR) is 47.3 cm³/mol. The minimum Gasteiger partial charge on any atom is -0.341 e. The molecule has 0 bridgehead atoms. The zero-order valence-corrected chi connectivity index (χ0v) is 7.45. The maximum absolute atomic E-state index is 11.7. The molecule has 2 rings (SSSR count). The Hall–Kier alpha value is -1.36. The fraction of sp³-hybridized carbons (Fsp3) is 0.500. The predicted octanol–water partition coefficient (Wildman–Crippen LogP) is -0.547. The Balaban J connectivity index is 2.04. The van der Waals surface area contributed by atoms with Gasteiger partial charge in [-0.3, -0.25) is 4.79 Å². The molecule has 5 nitrogen and oxygen atoms in total. The lowest BCUT2D eigenvalue weighted by atomic mass is 10.1. The van der Waals surface area contributed by atoms with Gasteiger partial charge in [0.2, 0.25) is 0 Å². The topological polar surface area (TPSA) is 61.0 Å². The lowest BCUT2D eigenvalue weighted by Gasteiger charge is -2.35. The Morgan fingerprint density at radius 3 is 2.92 bits per heavy atom.